The summed E-state index contributed by atoms with van der Waals surface area (Å²) in [5.41, 5.74) is 2.89. The van der Waals surface area contributed by atoms with Crippen molar-refractivity contribution >= 4 is 23.2 Å². The second kappa shape index (κ2) is 6.92. The Hall–Kier alpha value is -1.67. The molecule has 2 N–H and O–H groups in total. The van der Waals surface area contributed by atoms with Gasteiger partial charge in [0.15, 0.2) is 6.61 Å². The highest BCUT2D eigenvalue weighted by atomic mass is 32.1. The molecule has 18 heavy (non-hydrogen) atoms. The second-order valence-corrected chi connectivity index (χ2v) is 4.43. The van der Waals surface area contributed by atoms with Crippen molar-refractivity contribution in [1.82, 2.24) is 10.0 Å². The average Bonchev–Trinajstić information content (AvgIpc) is 2.60. The van der Waals surface area contributed by atoms with E-state index in [4.69, 9.17) is 5.11 Å². The highest BCUT2D eigenvalue weighted by Crippen LogP contribution is 2.02. The summed E-state index contributed by atoms with van der Waals surface area (Å²) in [6, 6.07) is 0. The van der Waals surface area contributed by atoms with Crippen molar-refractivity contribution < 1.29 is 19.5 Å². The highest BCUT2D eigenvalue weighted by molar-refractivity contribution is 7.07. The average molecular weight is 274 g/mol. The summed E-state index contributed by atoms with van der Waals surface area (Å²) in [4.78, 5) is 37.1. The van der Waals surface area contributed by atoms with Crippen LogP contribution in [-0.4, -0.2) is 28.2 Å². The summed E-state index contributed by atoms with van der Waals surface area (Å²) >= 11 is 1.12. The number of nitrogens with one attached hydrogen (secondary N) is 1. The van der Waals surface area contributed by atoms with Crippen LogP contribution >= 0.6 is 11.3 Å². The first-order valence-corrected chi connectivity index (χ1v) is 6.16. The van der Waals surface area contributed by atoms with Gasteiger partial charge in [0.25, 0.3) is 0 Å². The Morgan fingerprint density at radius 3 is 2.83 bits per heavy atom. The number of thiazole rings is 1. The van der Waals surface area contributed by atoms with Crippen LogP contribution in [0, 0.1) is 6.92 Å². The number of hydrogen-bond donors (Lipinski definition) is 2. The van der Waals surface area contributed by atoms with Crippen molar-refractivity contribution in [3.8, 4) is 0 Å². The van der Waals surface area contributed by atoms with E-state index in [2.05, 4.69) is 4.84 Å². The van der Waals surface area contributed by atoms with Gasteiger partial charge in [-0.2, -0.15) is 0 Å². The quantitative estimate of drug-likeness (QED) is 0.689. The molecule has 7 nitrogen and oxygen atoms in total. The number of carboxylic acids is 1. The SMILES string of the molecule is Cc1csc(=O)n1CCCC(=O)NOCC(=O)O. The zero-order chi connectivity index (χ0) is 13.5. The first-order chi connectivity index (χ1) is 8.50. The highest BCUT2D eigenvalue weighted by Gasteiger charge is 2.06. The van der Waals surface area contributed by atoms with E-state index < -0.39 is 18.5 Å². The van der Waals surface area contributed by atoms with Gasteiger partial charge in [0, 0.05) is 24.0 Å². The van der Waals surface area contributed by atoms with E-state index in [9.17, 15) is 14.4 Å². The minimum Gasteiger partial charge on any atom is -0.479 e. The monoisotopic (exact) mass is 274 g/mol. The second-order valence-electron chi connectivity index (χ2n) is 3.61. The van der Waals surface area contributed by atoms with Crippen molar-refractivity contribution in [2.24, 2.45) is 0 Å². The van der Waals surface area contributed by atoms with E-state index >= 15 is 0 Å². The van der Waals surface area contributed by atoms with Crippen molar-refractivity contribution in [2.45, 2.75) is 26.3 Å². The zero-order valence-electron chi connectivity index (χ0n) is 9.84. The van der Waals surface area contributed by atoms with E-state index in [0.29, 0.717) is 13.0 Å². The molecule has 0 bridgehead atoms. The number of aryl methyl sites for hydroxylation is 1. The van der Waals surface area contributed by atoms with Gasteiger partial charge in [-0.15, -0.1) is 0 Å². The normalized spacial score (nSPS) is 10.3. The Morgan fingerprint density at radius 1 is 1.56 bits per heavy atom. The molecule has 1 heterocycles. The maximum Gasteiger partial charge on any atom is 0.332 e. The predicted molar refractivity (Wildman–Crippen MR) is 64.3 cm³/mol. The van der Waals surface area contributed by atoms with Gasteiger partial charge in [-0.1, -0.05) is 11.3 Å². The van der Waals surface area contributed by atoms with Crippen LogP contribution in [0.3, 0.4) is 0 Å². The largest absolute Gasteiger partial charge is 0.479 e. The molecule has 0 aliphatic carbocycles. The van der Waals surface area contributed by atoms with E-state index in [0.717, 1.165) is 17.0 Å². The molecule has 0 atom stereocenters. The number of aliphatic carboxylic acids is 1. The molecule has 0 spiro atoms. The molecule has 1 rings (SSSR count). The van der Waals surface area contributed by atoms with Crippen molar-refractivity contribution in [1.29, 1.82) is 0 Å². The van der Waals surface area contributed by atoms with Crippen molar-refractivity contribution in [3.05, 3.63) is 20.7 Å². The zero-order valence-corrected chi connectivity index (χ0v) is 10.7. The molecule has 1 amide bonds. The fourth-order valence-corrected chi connectivity index (χ4v) is 2.06. The fraction of sp³-hybridized carbons (Fsp3) is 0.500. The number of carboxylic acid groups (broad SMARTS) is 1. The number of aromatic nitrogens is 1. The van der Waals surface area contributed by atoms with Gasteiger partial charge in [-0.3, -0.25) is 14.4 Å². The number of carbonyl (C=O) groups is 2. The van der Waals surface area contributed by atoms with Crippen LogP contribution in [0.25, 0.3) is 0 Å². The summed E-state index contributed by atoms with van der Waals surface area (Å²) in [5, 5.41) is 10.0. The smallest absolute Gasteiger partial charge is 0.332 e. The molecule has 0 aromatic carbocycles. The van der Waals surface area contributed by atoms with E-state index in [1.54, 1.807) is 9.95 Å². The predicted octanol–water partition coefficient (Wildman–Crippen LogP) is 0.131. The van der Waals surface area contributed by atoms with Crippen molar-refractivity contribution in [3.63, 3.8) is 0 Å². The van der Waals surface area contributed by atoms with Crippen LogP contribution in [0.4, 0.5) is 0 Å². The van der Waals surface area contributed by atoms with Crippen LogP contribution in [0.2, 0.25) is 0 Å². The summed E-state index contributed by atoms with van der Waals surface area (Å²) in [7, 11) is 0. The Kier molecular flexibility index (Phi) is 5.53. The van der Waals surface area contributed by atoms with Crippen LogP contribution < -0.4 is 10.4 Å². The molecule has 1 aromatic heterocycles. The van der Waals surface area contributed by atoms with Gasteiger partial charge in [-0.25, -0.2) is 10.3 Å². The topological polar surface area (TPSA) is 97.6 Å². The van der Waals surface area contributed by atoms with E-state index in [1.165, 1.54) is 0 Å². The Bertz CT molecular complexity index is 479. The third kappa shape index (κ3) is 4.68. The van der Waals surface area contributed by atoms with Crippen LogP contribution in [-0.2, 0) is 21.0 Å². The first kappa shape index (κ1) is 14.4. The lowest BCUT2D eigenvalue weighted by Gasteiger charge is -2.05. The molecular formula is C10H14N2O5S. The maximum absolute atomic E-state index is 11.4. The van der Waals surface area contributed by atoms with Crippen LogP contribution in [0.15, 0.2) is 10.2 Å². The van der Waals surface area contributed by atoms with E-state index in [-0.39, 0.29) is 11.3 Å². The molecule has 0 radical (unpaired) electrons. The number of carbonyl (C=O) groups excluding carboxylic acids is 1. The lowest BCUT2D eigenvalue weighted by Crippen LogP contribution is -2.27. The summed E-state index contributed by atoms with van der Waals surface area (Å²) in [5.74, 6) is -1.56. The Balaban J connectivity index is 2.24. The summed E-state index contributed by atoms with van der Waals surface area (Å²) in [6.45, 7) is 1.71. The van der Waals surface area contributed by atoms with Crippen LogP contribution in [0.5, 0.6) is 0 Å². The maximum atomic E-state index is 11.4. The number of hydrogen-bond acceptors (Lipinski definition) is 5. The molecule has 1 aromatic rings. The molecule has 0 unspecified atom stereocenters. The fourth-order valence-electron chi connectivity index (χ4n) is 1.30. The summed E-state index contributed by atoms with van der Waals surface area (Å²) < 4.78 is 1.59. The summed E-state index contributed by atoms with van der Waals surface area (Å²) in [6.07, 6.45) is 0.654. The molecule has 0 fully saturated rings. The first-order valence-electron chi connectivity index (χ1n) is 5.28. The van der Waals surface area contributed by atoms with Crippen LogP contribution in [0.1, 0.15) is 18.5 Å². The van der Waals surface area contributed by atoms with Gasteiger partial charge >= 0.3 is 10.8 Å². The van der Waals surface area contributed by atoms with Gasteiger partial charge in [0.05, 0.1) is 0 Å². The Labute approximate surface area is 107 Å². The van der Waals surface area contributed by atoms with Crippen molar-refractivity contribution in [2.75, 3.05) is 6.61 Å². The molecule has 0 saturated carbocycles. The number of rotatable bonds is 7. The minimum absolute atomic E-state index is 0.0463. The number of hydroxylamine groups is 1. The number of amides is 1. The van der Waals surface area contributed by atoms with Gasteiger partial charge in [-0.05, 0) is 13.3 Å². The lowest BCUT2D eigenvalue weighted by molar-refractivity contribution is -0.149. The molecule has 0 aliphatic rings. The standard InChI is InChI=1S/C10H14N2O5S/c1-7-6-18-10(16)12(7)4-2-3-8(13)11-17-5-9(14)15/h6H,2-5H2,1H3,(H,11,13)(H,14,15). The number of nitrogens with zero attached hydrogens (tertiary/aromatic N) is 1. The third-order valence-electron chi connectivity index (χ3n) is 2.14. The molecule has 8 heteroatoms. The lowest BCUT2D eigenvalue weighted by atomic mass is 10.3. The Morgan fingerprint density at radius 2 is 2.28 bits per heavy atom. The molecular weight excluding hydrogens is 260 g/mol. The van der Waals surface area contributed by atoms with Gasteiger partial charge < -0.3 is 9.67 Å². The third-order valence-corrected chi connectivity index (χ3v) is 3.02. The van der Waals surface area contributed by atoms with E-state index in [1.807, 2.05) is 12.4 Å². The van der Waals surface area contributed by atoms with Gasteiger partial charge in [0.2, 0.25) is 5.91 Å². The molecule has 0 aliphatic heterocycles. The van der Waals surface area contributed by atoms with Gasteiger partial charge in [0.1, 0.15) is 0 Å². The minimum atomic E-state index is -1.16. The molecule has 0 saturated heterocycles. The molecule has 100 valence electrons.